The molecule has 0 radical (unpaired) electrons. The molecule has 1 aromatic carbocycles. The molecule has 2 atom stereocenters. The van der Waals surface area contributed by atoms with Crippen LogP contribution in [0.25, 0.3) is 0 Å². The lowest BCUT2D eigenvalue weighted by Crippen LogP contribution is -2.40. The number of benzene rings is 1. The highest BCUT2D eigenvalue weighted by molar-refractivity contribution is 6.30. The first-order chi connectivity index (χ1) is 10.4. The van der Waals surface area contributed by atoms with E-state index in [0.29, 0.717) is 17.2 Å². The maximum Gasteiger partial charge on any atom is 0.223 e. The van der Waals surface area contributed by atoms with Crippen molar-refractivity contribution in [2.24, 2.45) is 5.92 Å². The summed E-state index contributed by atoms with van der Waals surface area (Å²) in [5, 5.41) is 13.7. The number of amides is 1. The predicted octanol–water partition coefficient (Wildman–Crippen LogP) is 3.14. The Kier molecular flexibility index (Phi) is 5.27. The third-order valence-electron chi connectivity index (χ3n) is 3.56. The van der Waals surface area contributed by atoms with Gasteiger partial charge in [0.15, 0.2) is 0 Å². The Balaban J connectivity index is 1.87. The molecule has 1 amide bonds. The van der Waals surface area contributed by atoms with Crippen LogP contribution >= 0.6 is 11.6 Å². The Hall–Kier alpha value is -1.78. The summed E-state index contributed by atoms with van der Waals surface area (Å²) in [6, 6.07) is 10.8. The fourth-order valence-corrected chi connectivity index (χ4v) is 2.30. The summed E-state index contributed by atoms with van der Waals surface area (Å²) in [6.07, 6.45) is 2.11. The zero-order chi connectivity index (χ0) is 16.2. The van der Waals surface area contributed by atoms with Crippen LogP contribution in [0.15, 0.2) is 47.1 Å². The molecule has 0 spiro atoms. The summed E-state index contributed by atoms with van der Waals surface area (Å²) >= 11 is 5.84. The minimum Gasteiger partial charge on any atom is -0.466 e. The highest BCUT2D eigenvalue weighted by Crippen LogP contribution is 2.20. The number of rotatable bonds is 6. The van der Waals surface area contributed by atoms with Gasteiger partial charge >= 0.3 is 0 Å². The lowest BCUT2D eigenvalue weighted by Gasteiger charge is -2.22. The first-order valence-corrected chi connectivity index (χ1v) is 7.55. The molecule has 0 fully saturated rings. The Labute approximate surface area is 135 Å². The molecule has 2 aromatic rings. The monoisotopic (exact) mass is 321 g/mol. The molecule has 22 heavy (non-hydrogen) atoms. The smallest absolute Gasteiger partial charge is 0.223 e. The van der Waals surface area contributed by atoms with Crippen LogP contribution in [0, 0.1) is 5.92 Å². The van der Waals surface area contributed by atoms with Gasteiger partial charge in [-0.25, -0.2) is 0 Å². The molecule has 0 aliphatic carbocycles. The van der Waals surface area contributed by atoms with Crippen LogP contribution in [0.2, 0.25) is 5.02 Å². The van der Waals surface area contributed by atoms with Crippen molar-refractivity contribution in [3.63, 3.8) is 0 Å². The van der Waals surface area contributed by atoms with Crippen LogP contribution in [-0.2, 0) is 16.8 Å². The molecular weight excluding hydrogens is 302 g/mol. The first kappa shape index (κ1) is 16.6. The summed E-state index contributed by atoms with van der Waals surface area (Å²) in [5.74, 6) is 0.119. The van der Waals surface area contributed by atoms with Crippen molar-refractivity contribution in [3.8, 4) is 0 Å². The van der Waals surface area contributed by atoms with Crippen LogP contribution < -0.4 is 5.32 Å². The summed E-state index contributed by atoms with van der Waals surface area (Å²) in [6.45, 7) is 3.56. The van der Waals surface area contributed by atoms with Crippen LogP contribution in [0.1, 0.15) is 25.2 Å². The zero-order valence-corrected chi connectivity index (χ0v) is 13.4. The van der Waals surface area contributed by atoms with Crippen molar-refractivity contribution in [3.05, 3.63) is 59.0 Å². The van der Waals surface area contributed by atoms with Crippen molar-refractivity contribution in [2.75, 3.05) is 6.54 Å². The van der Waals surface area contributed by atoms with Crippen LogP contribution in [0.3, 0.4) is 0 Å². The second kappa shape index (κ2) is 6.99. The van der Waals surface area contributed by atoms with Gasteiger partial charge in [0, 0.05) is 10.9 Å². The van der Waals surface area contributed by atoms with Crippen molar-refractivity contribution in [2.45, 2.75) is 25.9 Å². The van der Waals surface area contributed by atoms with E-state index in [9.17, 15) is 9.90 Å². The van der Waals surface area contributed by atoms with E-state index < -0.39 is 5.60 Å². The molecule has 0 aliphatic rings. The normalized spacial score (nSPS) is 15.1. The predicted molar refractivity (Wildman–Crippen MR) is 85.6 cm³/mol. The second-order valence-corrected chi connectivity index (χ2v) is 6.14. The molecule has 2 N–H and O–H groups in total. The molecule has 118 valence electrons. The summed E-state index contributed by atoms with van der Waals surface area (Å²) in [4.78, 5) is 12.2. The summed E-state index contributed by atoms with van der Waals surface area (Å²) in [5.41, 5.74) is -0.177. The second-order valence-electron chi connectivity index (χ2n) is 5.70. The number of furan rings is 1. The van der Waals surface area contributed by atoms with Gasteiger partial charge in [-0.15, -0.1) is 0 Å². The number of aliphatic hydroxyl groups is 1. The zero-order valence-electron chi connectivity index (χ0n) is 12.7. The van der Waals surface area contributed by atoms with Crippen molar-refractivity contribution < 1.29 is 14.3 Å². The fourth-order valence-electron chi connectivity index (χ4n) is 2.17. The quantitative estimate of drug-likeness (QED) is 0.859. The van der Waals surface area contributed by atoms with Gasteiger partial charge in [0.1, 0.15) is 11.4 Å². The molecule has 0 bridgehead atoms. The van der Waals surface area contributed by atoms with Gasteiger partial charge in [-0.05, 0) is 43.2 Å². The highest BCUT2D eigenvalue weighted by Gasteiger charge is 2.27. The average Bonchev–Trinajstić information content (AvgIpc) is 3.02. The van der Waals surface area contributed by atoms with E-state index in [-0.39, 0.29) is 18.4 Å². The lowest BCUT2D eigenvalue weighted by atomic mass is 9.99. The number of hydrogen-bond acceptors (Lipinski definition) is 3. The van der Waals surface area contributed by atoms with Crippen LogP contribution in [0.4, 0.5) is 0 Å². The number of hydrogen-bond donors (Lipinski definition) is 2. The van der Waals surface area contributed by atoms with E-state index in [2.05, 4.69) is 5.32 Å². The maximum atomic E-state index is 12.2. The molecule has 0 saturated heterocycles. The van der Waals surface area contributed by atoms with Gasteiger partial charge < -0.3 is 14.8 Å². The van der Waals surface area contributed by atoms with E-state index in [1.54, 1.807) is 19.1 Å². The fraction of sp³-hybridized carbons (Fsp3) is 0.353. The van der Waals surface area contributed by atoms with E-state index in [1.807, 2.05) is 31.2 Å². The van der Waals surface area contributed by atoms with Crippen molar-refractivity contribution in [1.29, 1.82) is 0 Å². The molecule has 0 saturated carbocycles. The lowest BCUT2D eigenvalue weighted by molar-refractivity contribution is -0.125. The van der Waals surface area contributed by atoms with E-state index in [4.69, 9.17) is 16.0 Å². The Bertz CT molecular complexity index is 605. The SMILES string of the molecule is CC(Cc1ccc(Cl)cc1)C(=O)NCC(C)(O)c1ccco1. The van der Waals surface area contributed by atoms with Crippen LogP contribution in [0.5, 0.6) is 0 Å². The van der Waals surface area contributed by atoms with E-state index >= 15 is 0 Å². The summed E-state index contributed by atoms with van der Waals surface area (Å²) < 4.78 is 5.18. The van der Waals surface area contributed by atoms with Gasteiger partial charge in [-0.3, -0.25) is 4.79 Å². The summed E-state index contributed by atoms with van der Waals surface area (Å²) in [7, 11) is 0. The molecule has 1 aromatic heterocycles. The Morgan fingerprint density at radius 1 is 1.36 bits per heavy atom. The molecule has 5 heteroatoms. The highest BCUT2D eigenvalue weighted by atomic mass is 35.5. The average molecular weight is 322 g/mol. The molecule has 4 nitrogen and oxygen atoms in total. The molecular formula is C17H20ClNO3. The third-order valence-corrected chi connectivity index (χ3v) is 3.81. The molecule has 2 rings (SSSR count). The maximum absolute atomic E-state index is 12.2. The minimum absolute atomic E-state index is 0.101. The van der Waals surface area contributed by atoms with Crippen molar-refractivity contribution >= 4 is 17.5 Å². The number of carbonyl (C=O) groups is 1. The van der Waals surface area contributed by atoms with E-state index in [1.165, 1.54) is 6.26 Å². The largest absolute Gasteiger partial charge is 0.466 e. The Morgan fingerprint density at radius 2 is 2.05 bits per heavy atom. The van der Waals surface area contributed by atoms with Gasteiger partial charge in [-0.2, -0.15) is 0 Å². The van der Waals surface area contributed by atoms with Gasteiger partial charge in [-0.1, -0.05) is 30.7 Å². The van der Waals surface area contributed by atoms with Gasteiger partial charge in [0.05, 0.1) is 12.8 Å². The number of nitrogens with one attached hydrogen (secondary N) is 1. The third kappa shape index (κ3) is 4.36. The van der Waals surface area contributed by atoms with E-state index in [0.717, 1.165) is 5.56 Å². The standard InChI is InChI=1S/C17H20ClNO3/c1-12(10-13-5-7-14(18)8-6-13)16(20)19-11-17(2,21)15-4-3-9-22-15/h3-9,12,21H,10-11H2,1-2H3,(H,19,20). The Morgan fingerprint density at radius 3 is 2.64 bits per heavy atom. The topological polar surface area (TPSA) is 62.5 Å². The molecule has 1 heterocycles. The molecule has 2 unspecified atom stereocenters. The van der Waals surface area contributed by atoms with Gasteiger partial charge in [0.25, 0.3) is 0 Å². The number of carbonyl (C=O) groups excluding carboxylic acids is 1. The molecule has 0 aliphatic heterocycles. The first-order valence-electron chi connectivity index (χ1n) is 7.17. The van der Waals surface area contributed by atoms with Crippen molar-refractivity contribution in [1.82, 2.24) is 5.32 Å². The van der Waals surface area contributed by atoms with Crippen LogP contribution in [-0.4, -0.2) is 17.6 Å². The number of halogens is 1. The van der Waals surface area contributed by atoms with Gasteiger partial charge in [0.2, 0.25) is 5.91 Å². The minimum atomic E-state index is -1.22.